The molecule has 0 saturated carbocycles. The van der Waals surface area contributed by atoms with Gasteiger partial charge in [-0.2, -0.15) is 4.31 Å². The number of piperazine rings is 1. The molecule has 202 valence electrons. The molecule has 0 aliphatic carbocycles. The summed E-state index contributed by atoms with van der Waals surface area (Å²) in [5.74, 6) is 0.293. The molecule has 2 atom stereocenters. The largest absolute Gasteiger partial charge is 0.496 e. The van der Waals surface area contributed by atoms with Crippen LogP contribution in [0.1, 0.15) is 26.3 Å². The minimum atomic E-state index is -3.84. The fourth-order valence-electron chi connectivity index (χ4n) is 4.65. The number of amides is 2. The normalized spacial score (nSPS) is 18.4. The highest BCUT2D eigenvalue weighted by Crippen LogP contribution is 2.31. The summed E-state index contributed by atoms with van der Waals surface area (Å²) in [5, 5.41) is 2.90. The van der Waals surface area contributed by atoms with Crippen LogP contribution >= 0.6 is 0 Å². The van der Waals surface area contributed by atoms with Gasteiger partial charge in [0.1, 0.15) is 17.6 Å². The summed E-state index contributed by atoms with van der Waals surface area (Å²) >= 11 is 0. The Kier molecular flexibility index (Phi) is 8.23. The summed E-state index contributed by atoms with van der Waals surface area (Å²) in [6, 6.07) is 15.8. The molecular formula is C28H33N3O6S. The Morgan fingerprint density at radius 3 is 2.45 bits per heavy atom. The molecule has 2 heterocycles. The Morgan fingerprint density at radius 1 is 1.08 bits per heavy atom. The molecule has 38 heavy (non-hydrogen) atoms. The van der Waals surface area contributed by atoms with Crippen LogP contribution in [0, 0.1) is 5.92 Å². The molecule has 3 aromatic rings. The SMILES string of the molecule is COc1cc(CNC(=O)[C@H]2CN(S(=O)(=O)c3ccccc3)C[C@@H](C)N2C(=O)C(C)C)ccc1-c1ccco1. The van der Waals surface area contributed by atoms with Gasteiger partial charge in [-0.25, -0.2) is 8.42 Å². The zero-order chi connectivity index (χ0) is 27.4. The average Bonchev–Trinajstić information content (AvgIpc) is 3.46. The van der Waals surface area contributed by atoms with Crippen molar-refractivity contribution in [3.63, 3.8) is 0 Å². The molecule has 1 N–H and O–H groups in total. The van der Waals surface area contributed by atoms with Crippen molar-refractivity contribution in [1.82, 2.24) is 14.5 Å². The third kappa shape index (κ3) is 5.61. The number of hydrogen-bond donors (Lipinski definition) is 1. The van der Waals surface area contributed by atoms with E-state index in [-0.39, 0.29) is 36.4 Å². The summed E-state index contributed by atoms with van der Waals surface area (Å²) in [5.41, 5.74) is 1.56. The first kappa shape index (κ1) is 27.4. The highest BCUT2D eigenvalue weighted by Gasteiger charge is 2.43. The van der Waals surface area contributed by atoms with Gasteiger partial charge in [0.2, 0.25) is 21.8 Å². The number of methoxy groups -OCH3 is 1. The van der Waals surface area contributed by atoms with E-state index in [2.05, 4.69) is 5.32 Å². The molecule has 2 aromatic carbocycles. The third-order valence-corrected chi connectivity index (χ3v) is 8.45. The highest BCUT2D eigenvalue weighted by molar-refractivity contribution is 7.89. The van der Waals surface area contributed by atoms with Gasteiger partial charge < -0.3 is 19.4 Å². The van der Waals surface area contributed by atoms with Crippen molar-refractivity contribution in [2.75, 3.05) is 20.2 Å². The molecule has 0 unspecified atom stereocenters. The van der Waals surface area contributed by atoms with Crippen molar-refractivity contribution < 1.29 is 27.2 Å². The van der Waals surface area contributed by atoms with Crippen LogP contribution in [0.15, 0.2) is 76.2 Å². The van der Waals surface area contributed by atoms with Crippen molar-refractivity contribution >= 4 is 21.8 Å². The summed E-state index contributed by atoms with van der Waals surface area (Å²) in [6.07, 6.45) is 1.58. The number of rotatable bonds is 8. The standard InChI is InChI=1S/C28H33N3O6S/c1-19(2)28(33)31-20(3)17-30(38(34,35)22-9-6-5-7-10-22)18-24(31)27(32)29-16-21-12-13-23(26(15-21)36-4)25-11-8-14-37-25/h5-15,19-20,24H,16-18H2,1-4H3,(H,29,32)/t20-,24-/m1/s1. The van der Waals surface area contributed by atoms with Gasteiger partial charge in [0, 0.05) is 31.6 Å². The number of nitrogens with one attached hydrogen (secondary N) is 1. The number of ether oxygens (including phenoxy) is 1. The lowest BCUT2D eigenvalue weighted by atomic mass is 10.0. The van der Waals surface area contributed by atoms with E-state index >= 15 is 0 Å². The van der Waals surface area contributed by atoms with E-state index in [1.807, 2.05) is 24.3 Å². The first-order valence-electron chi connectivity index (χ1n) is 12.5. The lowest BCUT2D eigenvalue weighted by Gasteiger charge is -2.44. The Morgan fingerprint density at radius 2 is 1.82 bits per heavy atom. The summed E-state index contributed by atoms with van der Waals surface area (Å²) in [6.45, 7) is 5.45. The molecule has 0 spiro atoms. The van der Waals surface area contributed by atoms with Crippen LogP contribution in [0.2, 0.25) is 0 Å². The molecule has 2 amide bonds. The fourth-order valence-corrected chi connectivity index (χ4v) is 6.20. The second kappa shape index (κ2) is 11.4. The van der Waals surface area contributed by atoms with Crippen LogP contribution in [0.5, 0.6) is 5.75 Å². The zero-order valence-electron chi connectivity index (χ0n) is 22.0. The number of benzene rings is 2. The van der Waals surface area contributed by atoms with Crippen LogP contribution in [-0.4, -0.2) is 61.7 Å². The van der Waals surface area contributed by atoms with E-state index in [0.717, 1.165) is 11.1 Å². The number of hydrogen-bond acceptors (Lipinski definition) is 6. The smallest absolute Gasteiger partial charge is 0.244 e. The van der Waals surface area contributed by atoms with Gasteiger partial charge in [-0.15, -0.1) is 0 Å². The first-order valence-corrected chi connectivity index (χ1v) is 13.9. The average molecular weight is 540 g/mol. The maximum atomic E-state index is 13.5. The van der Waals surface area contributed by atoms with Gasteiger partial charge in [-0.05, 0) is 48.9 Å². The summed E-state index contributed by atoms with van der Waals surface area (Å²) in [4.78, 5) is 28.3. The predicted octanol–water partition coefficient (Wildman–Crippen LogP) is 3.52. The van der Waals surface area contributed by atoms with E-state index < -0.39 is 28.0 Å². The Bertz CT molecular complexity index is 1370. The Labute approximate surface area is 223 Å². The van der Waals surface area contributed by atoms with E-state index in [4.69, 9.17) is 9.15 Å². The zero-order valence-corrected chi connectivity index (χ0v) is 22.8. The Balaban J connectivity index is 1.56. The van der Waals surface area contributed by atoms with Crippen LogP contribution < -0.4 is 10.1 Å². The van der Waals surface area contributed by atoms with Gasteiger partial charge in [0.25, 0.3) is 0 Å². The molecule has 1 aliphatic heterocycles. The van der Waals surface area contributed by atoms with Gasteiger partial charge in [-0.3, -0.25) is 9.59 Å². The van der Waals surface area contributed by atoms with Gasteiger partial charge in [-0.1, -0.05) is 38.1 Å². The highest BCUT2D eigenvalue weighted by atomic mass is 32.2. The fraction of sp³-hybridized carbons (Fsp3) is 0.357. The third-order valence-electron chi connectivity index (χ3n) is 6.61. The van der Waals surface area contributed by atoms with Gasteiger partial charge >= 0.3 is 0 Å². The maximum Gasteiger partial charge on any atom is 0.244 e. The molecule has 1 fully saturated rings. The van der Waals surface area contributed by atoms with Crippen molar-refractivity contribution in [2.45, 2.75) is 44.3 Å². The van der Waals surface area contributed by atoms with Crippen molar-refractivity contribution in [2.24, 2.45) is 5.92 Å². The summed E-state index contributed by atoms with van der Waals surface area (Å²) < 4.78 is 39.0. The lowest BCUT2D eigenvalue weighted by Crippen LogP contribution is -2.65. The predicted molar refractivity (Wildman–Crippen MR) is 143 cm³/mol. The number of sulfonamides is 1. The molecule has 9 nitrogen and oxygen atoms in total. The minimum Gasteiger partial charge on any atom is -0.496 e. The van der Waals surface area contributed by atoms with Gasteiger partial charge in [0.15, 0.2) is 0 Å². The van der Waals surface area contributed by atoms with Crippen molar-refractivity contribution in [3.8, 4) is 17.1 Å². The second-order valence-electron chi connectivity index (χ2n) is 9.63. The minimum absolute atomic E-state index is 0.102. The van der Waals surface area contributed by atoms with E-state index in [1.165, 1.54) is 21.3 Å². The van der Waals surface area contributed by atoms with Crippen LogP contribution in [0.3, 0.4) is 0 Å². The molecule has 1 aliphatic rings. The maximum absolute atomic E-state index is 13.5. The van der Waals surface area contributed by atoms with Gasteiger partial charge in [0.05, 0.1) is 23.8 Å². The van der Waals surface area contributed by atoms with E-state index in [1.54, 1.807) is 58.4 Å². The molecule has 0 radical (unpaired) electrons. The van der Waals surface area contributed by atoms with E-state index in [0.29, 0.717) is 11.5 Å². The number of furan rings is 1. The van der Waals surface area contributed by atoms with E-state index in [9.17, 15) is 18.0 Å². The topological polar surface area (TPSA) is 109 Å². The Hall–Kier alpha value is -3.63. The molecule has 1 aromatic heterocycles. The van der Waals surface area contributed by atoms with Crippen LogP contribution in [-0.2, 0) is 26.2 Å². The molecule has 10 heteroatoms. The lowest BCUT2D eigenvalue weighted by molar-refractivity contribution is -0.148. The quantitative estimate of drug-likeness (QED) is 0.469. The number of carbonyl (C=O) groups is 2. The van der Waals surface area contributed by atoms with Crippen LogP contribution in [0.25, 0.3) is 11.3 Å². The first-order chi connectivity index (χ1) is 18.1. The molecular weight excluding hydrogens is 506 g/mol. The summed E-state index contributed by atoms with van der Waals surface area (Å²) in [7, 11) is -2.28. The molecule has 4 rings (SSSR count). The van der Waals surface area contributed by atoms with Crippen molar-refractivity contribution in [3.05, 3.63) is 72.5 Å². The van der Waals surface area contributed by atoms with Crippen LogP contribution in [0.4, 0.5) is 0 Å². The number of carbonyl (C=O) groups excluding carboxylic acids is 2. The van der Waals surface area contributed by atoms with Crippen molar-refractivity contribution in [1.29, 1.82) is 0 Å². The number of nitrogens with zero attached hydrogens (tertiary/aromatic N) is 2. The molecule has 0 bridgehead atoms. The monoisotopic (exact) mass is 539 g/mol. The second-order valence-corrected chi connectivity index (χ2v) is 11.6. The molecule has 1 saturated heterocycles.